The van der Waals surface area contributed by atoms with Gasteiger partial charge in [0.15, 0.2) is 21.3 Å². The predicted octanol–water partition coefficient (Wildman–Crippen LogP) is 4.72. The zero-order valence-corrected chi connectivity index (χ0v) is 25.0. The molecule has 0 saturated carbocycles. The molecule has 0 spiro atoms. The number of aromatic nitrogens is 3. The SMILES string of the molecule is CCc1c(C(=O)NC(CO)c2ccc(S(=O)(=O)CC)cc2)nn(C(C)(C)C)c1Oc1cncc(C(C)O)c1C(F)(F)F. The highest BCUT2D eigenvalue weighted by atomic mass is 32.2. The molecule has 1 aromatic carbocycles. The summed E-state index contributed by atoms with van der Waals surface area (Å²) in [5.41, 5.74) is -2.00. The summed E-state index contributed by atoms with van der Waals surface area (Å²) in [6.45, 7) is 9.04. The molecule has 3 N–H and O–H groups in total. The molecule has 1 amide bonds. The van der Waals surface area contributed by atoms with E-state index in [-0.39, 0.29) is 34.2 Å². The molecule has 0 radical (unpaired) electrons. The first kappa shape index (κ1) is 33.0. The molecule has 2 aromatic heterocycles. The van der Waals surface area contributed by atoms with E-state index in [1.807, 2.05) is 0 Å². The number of nitrogens with one attached hydrogen (secondary N) is 1. The van der Waals surface area contributed by atoms with Crippen LogP contribution in [-0.2, 0) is 28.0 Å². The number of ether oxygens (including phenoxy) is 1. The Hall–Kier alpha value is -3.49. The standard InChI is InChI=1S/C28H35F3N4O6S/c1-7-19-24(25(38)33-21(15-36)17-9-11-18(12-10-17)42(39,40)8-2)34-35(27(4,5)6)26(19)41-22-14-32-13-20(16(3)37)23(22)28(29,30)31/h9-14,16,21,36-37H,7-8,15H2,1-6H3,(H,33,38). The van der Waals surface area contributed by atoms with Crippen LogP contribution in [0.2, 0.25) is 0 Å². The fourth-order valence-corrected chi connectivity index (χ4v) is 5.17. The number of alkyl halides is 3. The van der Waals surface area contributed by atoms with E-state index in [0.29, 0.717) is 5.56 Å². The highest BCUT2D eigenvalue weighted by Gasteiger charge is 2.40. The number of hydrogen-bond acceptors (Lipinski definition) is 8. The first-order valence-corrected chi connectivity index (χ1v) is 14.9. The van der Waals surface area contributed by atoms with E-state index >= 15 is 0 Å². The van der Waals surface area contributed by atoms with Crippen LogP contribution in [0.1, 0.15) is 86.4 Å². The van der Waals surface area contributed by atoms with Crippen molar-refractivity contribution in [2.45, 2.75) is 76.7 Å². The van der Waals surface area contributed by atoms with Crippen molar-refractivity contribution in [2.75, 3.05) is 12.4 Å². The van der Waals surface area contributed by atoms with Crippen molar-refractivity contribution in [2.24, 2.45) is 0 Å². The second kappa shape index (κ2) is 12.4. The molecular weight excluding hydrogens is 577 g/mol. The minimum atomic E-state index is -4.88. The molecule has 0 aliphatic heterocycles. The zero-order valence-electron chi connectivity index (χ0n) is 24.2. The zero-order chi connectivity index (χ0) is 31.6. The second-order valence-electron chi connectivity index (χ2n) is 10.6. The number of nitrogens with zero attached hydrogens (tertiary/aromatic N) is 3. The van der Waals surface area contributed by atoms with Crippen molar-refractivity contribution in [3.8, 4) is 11.6 Å². The van der Waals surface area contributed by atoms with Gasteiger partial charge in [0.05, 0.1) is 41.1 Å². The van der Waals surface area contributed by atoms with Gasteiger partial charge in [0.1, 0.15) is 5.56 Å². The van der Waals surface area contributed by atoms with Crippen LogP contribution >= 0.6 is 0 Å². The van der Waals surface area contributed by atoms with E-state index in [0.717, 1.165) is 12.4 Å². The van der Waals surface area contributed by atoms with E-state index in [4.69, 9.17) is 4.74 Å². The minimum absolute atomic E-state index is 0.0863. The molecule has 2 atom stereocenters. The fraction of sp³-hybridized carbons (Fsp3) is 0.464. The Bertz CT molecular complexity index is 1530. The van der Waals surface area contributed by atoms with Crippen LogP contribution in [0.3, 0.4) is 0 Å². The molecule has 3 aromatic rings. The van der Waals surface area contributed by atoms with Crippen molar-refractivity contribution >= 4 is 15.7 Å². The lowest BCUT2D eigenvalue weighted by molar-refractivity contribution is -0.140. The molecular formula is C28H35F3N4O6S. The van der Waals surface area contributed by atoms with Gasteiger partial charge in [-0.1, -0.05) is 26.0 Å². The monoisotopic (exact) mass is 612 g/mol. The number of rotatable bonds is 10. The van der Waals surface area contributed by atoms with Gasteiger partial charge in [0, 0.05) is 17.3 Å². The van der Waals surface area contributed by atoms with Gasteiger partial charge in [0.2, 0.25) is 5.88 Å². The third-order valence-electron chi connectivity index (χ3n) is 6.53. The summed E-state index contributed by atoms with van der Waals surface area (Å²) < 4.78 is 73.7. The molecule has 0 aliphatic rings. The maximum absolute atomic E-state index is 14.1. The quantitative estimate of drug-likeness (QED) is 0.299. The van der Waals surface area contributed by atoms with Gasteiger partial charge in [-0.2, -0.15) is 18.3 Å². The number of hydrogen-bond donors (Lipinski definition) is 3. The average Bonchev–Trinajstić information content (AvgIpc) is 3.29. The Morgan fingerprint density at radius 1 is 1.12 bits per heavy atom. The smallest absolute Gasteiger partial charge is 0.420 e. The number of aliphatic hydroxyl groups is 2. The van der Waals surface area contributed by atoms with Crippen molar-refractivity contribution in [3.05, 3.63) is 64.6 Å². The Morgan fingerprint density at radius 3 is 2.21 bits per heavy atom. The van der Waals surface area contributed by atoms with Gasteiger partial charge in [0.25, 0.3) is 5.91 Å². The number of carbonyl (C=O) groups excluding carboxylic acids is 1. The molecule has 230 valence electrons. The van der Waals surface area contributed by atoms with Crippen LogP contribution in [0, 0.1) is 0 Å². The van der Waals surface area contributed by atoms with Crippen LogP contribution < -0.4 is 10.1 Å². The molecule has 2 heterocycles. The summed E-state index contributed by atoms with van der Waals surface area (Å²) in [7, 11) is -3.45. The lowest BCUT2D eigenvalue weighted by atomic mass is 10.0. The molecule has 0 aliphatic carbocycles. The summed E-state index contributed by atoms with van der Waals surface area (Å²) in [6, 6.07) is 4.79. The van der Waals surface area contributed by atoms with E-state index in [1.54, 1.807) is 27.7 Å². The van der Waals surface area contributed by atoms with Crippen LogP contribution in [0.5, 0.6) is 11.6 Å². The summed E-state index contributed by atoms with van der Waals surface area (Å²) in [5, 5.41) is 27.1. The van der Waals surface area contributed by atoms with Crippen LogP contribution in [0.4, 0.5) is 13.2 Å². The summed E-state index contributed by atoms with van der Waals surface area (Å²) in [6.07, 6.45) is -4.42. The summed E-state index contributed by atoms with van der Waals surface area (Å²) in [5.74, 6) is -1.59. The van der Waals surface area contributed by atoms with Crippen molar-refractivity contribution < 1.29 is 41.3 Å². The maximum atomic E-state index is 14.1. The Morgan fingerprint density at radius 2 is 1.74 bits per heavy atom. The molecule has 2 unspecified atom stereocenters. The number of sulfone groups is 1. The number of pyridine rings is 1. The van der Waals surface area contributed by atoms with E-state index in [2.05, 4.69) is 15.4 Å². The summed E-state index contributed by atoms with van der Waals surface area (Å²) >= 11 is 0. The van der Waals surface area contributed by atoms with Gasteiger partial charge >= 0.3 is 6.18 Å². The van der Waals surface area contributed by atoms with Crippen molar-refractivity contribution in [1.82, 2.24) is 20.1 Å². The Labute approximate surface area is 242 Å². The topological polar surface area (TPSA) is 144 Å². The van der Waals surface area contributed by atoms with Gasteiger partial charge < -0.3 is 20.3 Å². The first-order valence-electron chi connectivity index (χ1n) is 13.2. The van der Waals surface area contributed by atoms with Crippen molar-refractivity contribution in [3.63, 3.8) is 0 Å². The van der Waals surface area contributed by atoms with Gasteiger partial charge in [-0.05, 0) is 51.8 Å². The normalized spacial score (nSPS) is 14.0. The van der Waals surface area contributed by atoms with Crippen LogP contribution in [-0.4, -0.2) is 51.7 Å². The number of benzene rings is 1. The van der Waals surface area contributed by atoms with Crippen molar-refractivity contribution in [1.29, 1.82) is 0 Å². The number of aliphatic hydroxyl groups excluding tert-OH is 2. The minimum Gasteiger partial charge on any atom is -0.437 e. The third kappa shape index (κ3) is 6.93. The highest BCUT2D eigenvalue weighted by Crippen LogP contribution is 2.43. The number of amides is 1. The fourth-order valence-electron chi connectivity index (χ4n) is 4.29. The Kier molecular flexibility index (Phi) is 9.74. The largest absolute Gasteiger partial charge is 0.437 e. The number of carbonyl (C=O) groups is 1. The molecule has 0 saturated heterocycles. The molecule has 0 fully saturated rings. The summed E-state index contributed by atoms with van der Waals surface area (Å²) in [4.78, 5) is 17.4. The second-order valence-corrected chi connectivity index (χ2v) is 12.9. The predicted molar refractivity (Wildman–Crippen MR) is 148 cm³/mol. The van der Waals surface area contributed by atoms with Crippen LogP contribution in [0.25, 0.3) is 0 Å². The lowest BCUT2D eigenvalue weighted by Crippen LogP contribution is -2.32. The van der Waals surface area contributed by atoms with Gasteiger partial charge in [-0.15, -0.1) is 0 Å². The first-order chi connectivity index (χ1) is 19.5. The highest BCUT2D eigenvalue weighted by molar-refractivity contribution is 7.91. The molecule has 3 rings (SSSR count). The van der Waals surface area contributed by atoms with Crippen LogP contribution in [0.15, 0.2) is 41.6 Å². The molecule has 10 nitrogen and oxygen atoms in total. The van der Waals surface area contributed by atoms with Gasteiger partial charge in [-0.25, -0.2) is 13.1 Å². The molecule has 42 heavy (non-hydrogen) atoms. The Balaban J connectivity index is 2.07. The third-order valence-corrected chi connectivity index (χ3v) is 8.28. The number of halogens is 3. The average molecular weight is 613 g/mol. The van der Waals surface area contributed by atoms with E-state index in [9.17, 15) is 36.6 Å². The molecule has 14 heteroatoms. The van der Waals surface area contributed by atoms with Gasteiger partial charge in [-0.3, -0.25) is 9.78 Å². The molecule has 0 bridgehead atoms. The van der Waals surface area contributed by atoms with E-state index < -0.39 is 63.1 Å². The van der Waals surface area contributed by atoms with E-state index in [1.165, 1.54) is 42.8 Å². The lowest BCUT2D eigenvalue weighted by Gasteiger charge is -2.24. The maximum Gasteiger partial charge on any atom is 0.420 e.